The highest BCUT2D eigenvalue weighted by Gasteiger charge is 2.14. The average Bonchev–Trinajstić information content (AvgIpc) is 2.72. The summed E-state index contributed by atoms with van der Waals surface area (Å²) in [6, 6.07) is 6.57. The molecule has 0 saturated carbocycles. The highest BCUT2D eigenvalue weighted by Crippen LogP contribution is 2.31. The van der Waals surface area contributed by atoms with Crippen molar-refractivity contribution < 1.29 is 13.5 Å². The van der Waals surface area contributed by atoms with Crippen LogP contribution in [0.15, 0.2) is 28.7 Å². The van der Waals surface area contributed by atoms with E-state index in [1.54, 1.807) is 6.07 Å². The zero-order valence-electron chi connectivity index (χ0n) is 12.3. The Morgan fingerprint density at radius 1 is 1.30 bits per heavy atom. The van der Waals surface area contributed by atoms with E-state index in [0.29, 0.717) is 12.4 Å². The molecule has 2 aromatic rings. The van der Waals surface area contributed by atoms with Gasteiger partial charge in [0.1, 0.15) is 23.1 Å². The van der Waals surface area contributed by atoms with Gasteiger partial charge in [-0.15, -0.1) is 0 Å². The lowest BCUT2D eigenvalue weighted by atomic mass is 10.1. The van der Waals surface area contributed by atoms with Crippen LogP contribution in [-0.2, 0) is 0 Å². The minimum atomic E-state index is -0.304. The molecule has 0 saturated heterocycles. The third kappa shape index (κ3) is 3.13. The third-order valence-electron chi connectivity index (χ3n) is 3.16. The van der Waals surface area contributed by atoms with Crippen LogP contribution in [0, 0.1) is 19.7 Å². The van der Waals surface area contributed by atoms with Crippen molar-refractivity contribution in [3.63, 3.8) is 0 Å². The molecule has 4 heteroatoms. The standard InChI is InChI=1S/C16H20FNO2/c1-5-19-16-9-13(17)6-7-15(16)18-11(3)14-8-10(2)20-12(14)4/h6-9,11,18H,5H2,1-4H3. The first-order valence-electron chi connectivity index (χ1n) is 6.77. The molecular weight excluding hydrogens is 257 g/mol. The largest absolute Gasteiger partial charge is 0.492 e. The fourth-order valence-electron chi connectivity index (χ4n) is 2.28. The number of halogens is 1. The SMILES string of the molecule is CCOc1cc(F)ccc1NC(C)c1cc(C)oc1C. The molecule has 2 rings (SSSR count). The Morgan fingerprint density at radius 2 is 2.05 bits per heavy atom. The van der Waals surface area contributed by atoms with Crippen LogP contribution in [0.25, 0.3) is 0 Å². The molecule has 1 heterocycles. The van der Waals surface area contributed by atoms with Crippen LogP contribution in [0.5, 0.6) is 5.75 Å². The minimum absolute atomic E-state index is 0.0529. The zero-order valence-corrected chi connectivity index (χ0v) is 12.3. The highest BCUT2D eigenvalue weighted by molar-refractivity contribution is 5.57. The van der Waals surface area contributed by atoms with Crippen LogP contribution < -0.4 is 10.1 Å². The number of aryl methyl sites for hydroxylation is 2. The molecular formula is C16H20FNO2. The van der Waals surface area contributed by atoms with Gasteiger partial charge < -0.3 is 14.5 Å². The molecule has 0 radical (unpaired) electrons. The van der Waals surface area contributed by atoms with Crippen molar-refractivity contribution in [2.45, 2.75) is 33.7 Å². The van der Waals surface area contributed by atoms with Crippen LogP contribution in [0.1, 0.15) is 37.0 Å². The summed E-state index contributed by atoms with van der Waals surface area (Å²) in [6.07, 6.45) is 0. The van der Waals surface area contributed by atoms with E-state index in [2.05, 4.69) is 5.32 Å². The maximum absolute atomic E-state index is 13.3. The highest BCUT2D eigenvalue weighted by atomic mass is 19.1. The van der Waals surface area contributed by atoms with Crippen molar-refractivity contribution in [1.82, 2.24) is 0 Å². The number of anilines is 1. The van der Waals surface area contributed by atoms with Gasteiger partial charge in [0.2, 0.25) is 0 Å². The van der Waals surface area contributed by atoms with E-state index in [4.69, 9.17) is 9.15 Å². The topological polar surface area (TPSA) is 34.4 Å². The minimum Gasteiger partial charge on any atom is -0.492 e. The Hall–Kier alpha value is -1.97. The second-order valence-corrected chi connectivity index (χ2v) is 4.81. The first kappa shape index (κ1) is 14.4. The molecule has 0 aliphatic heterocycles. The normalized spacial score (nSPS) is 12.2. The predicted octanol–water partition coefficient (Wildman–Crippen LogP) is 4.61. The van der Waals surface area contributed by atoms with Crippen LogP contribution in [-0.4, -0.2) is 6.61 Å². The lowest BCUT2D eigenvalue weighted by Gasteiger charge is -2.17. The fourth-order valence-corrected chi connectivity index (χ4v) is 2.28. The predicted molar refractivity (Wildman–Crippen MR) is 77.8 cm³/mol. The quantitative estimate of drug-likeness (QED) is 0.866. The van der Waals surface area contributed by atoms with Crippen molar-refractivity contribution >= 4 is 5.69 Å². The summed E-state index contributed by atoms with van der Waals surface area (Å²) in [5.41, 5.74) is 1.87. The third-order valence-corrected chi connectivity index (χ3v) is 3.16. The van der Waals surface area contributed by atoms with Gasteiger partial charge in [-0.2, -0.15) is 0 Å². The van der Waals surface area contributed by atoms with E-state index in [-0.39, 0.29) is 11.9 Å². The summed E-state index contributed by atoms with van der Waals surface area (Å²) in [5.74, 6) is 2.00. The van der Waals surface area contributed by atoms with E-state index in [0.717, 1.165) is 22.8 Å². The second-order valence-electron chi connectivity index (χ2n) is 4.81. The lowest BCUT2D eigenvalue weighted by molar-refractivity contribution is 0.339. The molecule has 20 heavy (non-hydrogen) atoms. The molecule has 0 aliphatic rings. The number of furan rings is 1. The summed E-state index contributed by atoms with van der Waals surface area (Å²) in [6.45, 7) is 8.27. The van der Waals surface area contributed by atoms with Gasteiger partial charge in [0.15, 0.2) is 0 Å². The van der Waals surface area contributed by atoms with Crippen molar-refractivity contribution in [3.05, 3.63) is 47.2 Å². The van der Waals surface area contributed by atoms with Gasteiger partial charge in [0.25, 0.3) is 0 Å². The van der Waals surface area contributed by atoms with Gasteiger partial charge in [0, 0.05) is 11.6 Å². The van der Waals surface area contributed by atoms with E-state index < -0.39 is 0 Å². The van der Waals surface area contributed by atoms with E-state index >= 15 is 0 Å². The van der Waals surface area contributed by atoms with Crippen molar-refractivity contribution in [2.24, 2.45) is 0 Å². The van der Waals surface area contributed by atoms with Gasteiger partial charge >= 0.3 is 0 Å². The van der Waals surface area contributed by atoms with Gasteiger partial charge in [-0.25, -0.2) is 4.39 Å². The zero-order chi connectivity index (χ0) is 14.7. The number of rotatable bonds is 5. The Morgan fingerprint density at radius 3 is 2.65 bits per heavy atom. The molecule has 0 fully saturated rings. The molecule has 1 N–H and O–H groups in total. The van der Waals surface area contributed by atoms with Gasteiger partial charge in [-0.05, 0) is 45.9 Å². The molecule has 0 aliphatic carbocycles. The van der Waals surface area contributed by atoms with Crippen molar-refractivity contribution in [3.8, 4) is 5.75 Å². The van der Waals surface area contributed by atoms with E-state index in [1.807, 2.05) is 33.8 Å². The van der Waals surface area contributed by atoms with Gasteiger partial charge in [-0.1, -0.05) is 0 Å². The molecule has 0 spiro atoms. The van der Waals surface area contributed by atoms with Gasteiger partial charge in [0.05, 0.1) is 18.3 Å². The fraction of sp³-hybridized carbons (Fsp3) is 0.375. The Bertz CT molecular complexity index is 592. The molecule has 108 valence electrons. The number of hydrogen-bond acceptors (Lipinski definition) is 3. The Kier molecular flexibility index (Phi) is 4.32. The maximum atomic E-state index is 13.3. The molecule has 3 nitrogen and oxygen atoms in total. The number of hydrogen-bond donors (Lipinski definition) is 1. The number of nitrogens with one attached hydrogen (secondary N) is 1. The molecule has 0 amide bonds. The molecule has 0 bridgehead atoms. The first-order chi connectivity index (χ1) is 9.51. The average molecular weight is 277 g/mol. The monoisotopic (exact) mass is 277 g/mol. The molecule has 1 aromatic carbocycles. The molecule has 1 aromatic heterocycles. The van der Waals surface area contributed by atoms with Crippen LogP contribution >= 0.6 is 0 Å². The summed E-state index contributed by atoms with van der Waals surface area (Å²) in [7, 11) is 0. The van der Waals surface area contributed by atoms with E-state index in [9.17, 15) is 4.39 Å². The lowest BCUT2D eigenvalue weighted by Crippen LogP contribution is -2.08. The van der Waals surface area contributed by atoms with Crippen LogP contribution in [0.2, 0.25) is 0 Å². The summed E-state index contributed by atoms with van der Waals surface area (Å²) < 4.78 is 24.3. The van der Waals surface area contributed by atoms with E-state index in [1.165, 1.54) is 12.1 Å². The Balaban J connectivity index is 2.23. The second kappa shape index (κ2) is 5.99. The van der Waals surface area contributed by atoms with Gasteiger partial charge in [-0.3, -0.25) is 0 Å². The smallest absolute Gasteiger partial charge is 0.145 e. The summed E-state index contributed by atoms with van der Waals surface area (Å²) in [4.78, 5) is 0. The molecule has 1 atom stereocenters. The maximum Gasteiger partial charge on any atom is 0.145 e. The number of ether oxygens (including phenoxy) is 1. The van der Waals surface area contributed by atoms with Crippen LogP contribution in [0.4, 0.5) is 10.1 Å². The first-order valence-corrected chi connectivity index (χ1v) is 6.77. The van der Waals surface area contributed by atoms with Crippen LogP contribution in [0.3, 0.4) is 0 Å². The molecule has 1 unspecified atom stereocenters. The Labute approximate surface area is 118 Å². The van der Waals surface area contributed by atoms with Crippen molar-refractivity contribution in [1.29, 1.82) is 0 Å². The summed E-state index contributed by atoms with van der Waals surface area (Å²) >= 11 is 0. The number of benzene rings is 1. The van der Waals surface area contributed by atoms with Crippen molar-refractivity contribution in [2.75, 3.05) is 11.9 Å². The summed E-state index contributed by atoms with van der Waals surface area (Å²) in [5, 5.41) is 3.34.